The largest absolute Gasteiger partial charge is 0.383 e. The second-order valence-corrected chi connectivity index (χ2v) is 4.94. The van der Waals surface area contributed by atoms with Crippen LogP contribution in [-0.4, -0.2) is 26.3 Å². The van der Waals surface area contributed by atoms with Gasteiger partial charge in [-0.05, 0) is 38.0 Å². The van der Waals surface area contributed by atoms with E-state index >= 15 is 0 Å². The van der Waals surface area contributed by atoms with Gasteiger partial charge in [0.2, 0.25) is 0 Å². The molecule has 1 aromatic carbocycles. The second-order valence-electron chi connectivity index (χ2n) is 4.94. The van der Waals surface area contributed by atoms with E-state index < -0.39 is 0 Å². The zero-order valence-corrected chi connectivity index (χ0v) is 12.3. The van der Waals surface area contributed by atoms with E-state index in [1.54, 1.807) is 7.11 Å². The lowest BCUT2D eigenvalue weighted by molar-refractivity contribution is 0.203. The quantitative estimate of drug-likeness (QED) is 0.826. The highest BCUT2D eigenvalue weighted by Crippen LogP contribution is 2.25. The van der Waals surface area contributed by atoms with Crippen molar-refractivity contribution < 1.29 is 9.13 Å². The van der Waals surface area contributed by atoms with Crippen LogP contribution in [0.2, 0.25) is 0 Å². The van der Waals surface area contributed by atoms with Gasteiger partial charge in [-0.1, -0.05) is 13.0 Å². The van der Waals surface area contributed by atoms with Crippen molar-refractivity contribution in [2.45, 2.75) is 39.3 Å². The van der Waals surface area contributed by atoms with Crippen molar-refractivity contribution in [3.8, 4) is 0 Å². The van der Waals surface area contributed by atoms with Gasteiger partial charge in [-0.15, -0.1) is 0 Å². The highest BCUT2D eigenvalue weighted by molar-refractivity contribution is 5.50. The highest BCUT2D eigenvalue weighted by Gasteiger charge is 2.17. The van der Waals surface area contributed by atoms with Crippen LogP contribution < -0.4 is 10.6 Å². The van der Waals surface area contributed by atoms with Gasteiger partial charge in [0.1, 0.15) is 5.82 Å². The summed E-state index contributed by atoms with van der Waals surface area (Å²) in [6.45, 7) is 7.30. The molecule has 108 valence electrons. The second kappa shape index (κ2) is 7.46. The third-order valence-electron chi connectivity index (χ3n) is 3.47. The van der Waals surface area contributed by atoms with E-state index in [-0.39, 0.29) is 17.9 Å². The summed E-state index contributed by atoms with van der Waals surface area (Å²) in [5.74, 6) is -0.216. The fraction of sp³-hybridized carbons (Fsp3) is 0.600. The van der Waals surface area contributed by atoms with Crippen molar-refractivity contribution in [1.29, 1.82) is 0 Å². The molecule has 0 aliphatic heterocycles. The van der Waals surface area contributed by atoms with Crippen molar-refractivity contribution in [2.24, 2.45) is 5.73 Å². The zero-order valence-electron chi connectivity index (χ0n) is 12.3. The van der Waals surface area contributed by atoms with Gasteiger partial charge in [0.15, 0.2) is 0 Å². The van der Waals surface area contributed by atoms with E-state index in [0.717, 1.165) is 12.0 Å². The van der Waals surface area contributed by atoms with Crippen LogP contribution in [-0.2, 0) is 4.74 Å². The van der Waals surface area contributed by atoms with Gasteiger partial charge >= 0.3 is 0 Å². The fourth-order valence-corrected chi connectivity index (χ4v) is 2.03. The van der Waals surface area contributed by atoms with Gasteiger partial charge < -0.3 is 15.4 Å². The lowest BCUT2D eigenvalue weighted by Crippen LogP contribution is -2.36. The standard InChI is InChI=1S/C15H25FN2O/c1-5-11(2)18(8-9-19-4)15-7-6-13(12(3)17)10-14(15)16/h6-7,10-12H,5,8-9,17H2,1-4H3. The molecule has 0 fully saturated rings. The normalized spacial score (nSPS) is 14.2. The van der Waals surface area contributed by atoms with Gasteiger partial charge in [-0.2, -0.15) is 0 Å². The molecule has 0 heterocycles. The maximum Gasteiger partial charge on any atom is 0.146 e. The van der Waals surface area contributed by atoms with Gasteiger partial charge in [-0.3, -0.25) is 0 Å². The fourth-order valence-electron chi connectivity index (χ4n) is 2.03. The molecule has 2 N–H and O–H groups in total. The van der Waals surface area contributed by atoms with E-state index in [1.165, 1.54) is 6.07 Å². The van der Waals surface area contributed by atoms with Crippen LogP contribution in [0, 0.1) is 5.82 Å². The number of hydrogen-bond donors (Lipinski definition) is 1. The average molecular weight is 268 g/mol. The van der Waals surface area contributed by atoms with Crippen LogP contribution in [0.15, 0.2) is 18.2 Å². The van der Waals surface area contributed by atoms with Gasteiger partial charge in [0, 0.05) is 25.7 Å². The minimum Gasteiger partial charge on any atom is -0.383 e. The Morgan fingerprint density at radius 3 is 2.53 bits per heavy atom. The summed E-state index contributed by atoms with van der Waals surface area (Å²) in [5.41, 5.74) is 7.21. The summed E-state index contributed by atoms with van der Waals surface area (Å²) in [4.78, 5) is 2.05. The van der Waals surface area contributed by atoms with Crippen LogP contribution in [0.5, 0.6) is 0 Å². The molecule has 0 aromatic heterocycles. The molecule has 0 radical (unpaired) electrons. The van der Waals surface area contributed by atoms with Gasteiger partial charge in [0.25, 0.3) is 0 Å². The van der Waals surface area contributed by atoms with E-state index in [4.69, 9.17) is 10.5 Å². The summed E-state index contributed by atoms with van der Waals surface area (Å²) < 4.78 is 19.4. The molecule has 1 rings (SSSR count). The number of benzene rings is 1. The van der Waals surface area contributed by atoms with E-state index in [9.17, 15) is 4.39 Å². The average Bonchev–Trinajstić information content (AvgIpc) is 2.39. The maximum atomic E-state index is 14.2. The summed E-state index contributed by atoms with van der Waals surface area (Å²) >= 11 is 0. The first-order valence-electron chi connectivity index (χ1n) is 6.81. The molecule has 2 atom stereocenters. The Hall–Kier alpha value is -1.13. The number of nitrogens with two attached hydrogens (primary N) is 1. The molecule has 0 saturated carbocycles. The van der Waals surface area contributed by atoms with Crippen LogP contribution in [0.25, 0.3) is 0 Å². The number of methoxy groups -OCH3 is 1. The Labute approximate surface area is 115 Å². The van der Waals surface area contributed by atoms with Crippen LogP contribution in [0.4, 0.5) is 10.1 Å². The van der Waals surface area contributed by atoms with E-state index in [2.05, 4.69) is 13.8 Å². The van der Waals surface area contributed by atoms with E-state index in [0.29, 0.717) is 18.8 Å². The minimum atomic E-state index is -0.216. The van der Waals surface area contributed by atoms with Crippen LogP contribution in [0.1, 0.15) is 38.8 Å². The molecule has 0 spiro atoms. The molecule has 4 heteroatoms. The molecular weight excluding hydrogens is 243 g/mol. The molecule has 0 amide bonds. The smallest absolute Gasteiger partial charge is 0.146 e. The number of anilines is 1. The Kier molecular flexibility index (Phi) is 6.25. The Morgan fingerprint density at radius 2 is 2.05 bits per heavy atom. The number of rotatable bonds is 7. The molecule has 19 heavy (non-hydrogen) atoms. The minimum absolute atomic E-state index is 0.153. The van der Waals surface area contributed by atoms with Crippen molar-refractivity contribution in [3.63, 3.8) is 0 Å². The number of hydrogen-bond acceptors (Lipinski definition) is 3. The SMILES string of the molecule is CCC(C)N(CCOC)c1ccc(C(C)N)cc1F. The predicted molar refractivity (Wildman–Crippen MR) is 78.0 cm³/mol. The van der Waals surface area contributed by atoms with Crippen LogP contribution in [0.3, 0.4) is 0 Å². The molecule has 0 bridgehead atoms. The van der Waals surface area contributed by atoms with Crippen LogP contribution >= 0.6 is 0 Å². The number of halogens is 1. The topological polar surface area (TPSA) is 38.5 Å². The third-order valence-corrected chi connectivity index (χ3v) is 3.47. The number of nitrogens with zero attached hydrogens (tertiary/aromatic N) is 1. The molecule has 0 aliphatic rings. The molecular formula is C15H25FN2O. The first kappa shape index (κ1) is 15.9. The monoisotopic (exact) mass is 268 g/mol. The molecule has 3 nitrogen and oxygen atoms in total. The highest BCUT2D eigenvalue weighted by atomic mass is 19.1. The third kappa shape index (κ3) is 4.18. The summed E-state index contributed by atoms with van der Waals surface area (Å²) in [5, 5.41) is 0. The Morgan fingerprint density at radius 1 is 1.37 bits per heavy atom. The first-order valence-corrected chi connectivity index (χ1v) is 6.81. The maximum absolute atomic E-state index is 14.2. The first-order chi connectivity index (χ1) is 9.01. The molecule has 0 saturated heterocycles. The van der Waals surface area contributed by atoms with Gasteiger partial charge in [-0.25, -0.2) is 4.39 Å². The van der Waals surface area contributed by atoms with E-state index in [1.807, 2.05) is 24.0 Å². The lowest BCUT2D eigenvalue weighted by atomic mass is 10.1. The van der Waals surface area contributed by atoms with Crippen molar-refractivity contribution >= 4 is 5.69 Å². The lowest BCUT2D eigenvalue weighted by Gasteiger charge is -2.31. The summed E-state index contributed by atoms with van der Waals surface area (Å²) in [7, 11) is 1.66. The zero-order chi connectivity index (χ0) is 14.4. The molecule has 2 unspecified atom stereocenters. The van der Waals surface area contributed by atoms with Crippen molar-refractivity contribution in [2.75, 3.05) is 25.2 Å². The van der Waals surface area contributed by atoms with Crippen molar-refractivity contribution in [1.82, 2.24) is 0 Å². The molecule has 1 aromatic rings. The predicted octanol–water partition coefficient (Wildman–Crippen LogP) is 3.10. The Balaban J connectivity index is 3.01. The number of ether oxygens (including phenoxy) is 1. The Bertz CT molecular complexity index is 396. The van der Waals surface area contributed by atoms with Gasteiger partial charge in [0.05, 0.1) is 12.3 Å². The molecule has 0 aliphatic carbocycles. The van der Waals surface area contributed by atoms with Crippen molar-refractivity contribution in [3.05, 3.63) is 29.6 Å². The summed E-state index contributed by atoms with van der Waals surface area (Å²) in [6, 6.07) is 5.36. The summed E-state index contributed by atoms with van der Waals surface area (Å²) in [6.07, 6.45) is 0.957.